The second-order valence-electron chi connectivity index (χ2n) is 7.88. The molecule has 0 aliphatic rings. The zero-order chi connectivity index (χ0) is 24.2. The minimum atomic E-state index is -0.336. The van der Waals surface area contributed by atoms with E-state index in [2.05, 4.69) is 15.3 Å². The zero-order valence-electron chi connectivity index (χ0n) is 18.8. The van der Waals surface area contributed by atoms with Gasteiger partial charge in [-0.1, -0.05) is 12.1 Å². The van der Waals surface area contributed by atoms with Crippen molar-refractivity contribution in [3.05, 3.63) is 95.6 Å². The van der Waals surface area contributed by atoms with Crippen LogP contribution in [0.25, 0.3) is 11.3 Å². The molecule has 0 unspecified atom stereocenters. The van der Waals surface area contributed by atoms with Crippen LogP contribution in [-0.4, -0.2) is 28.0 Å². The zero-order valence-corrected chi connectivity index (χ0v) is 18.8. The summed E-state index contributed by atoms with van der Waals surface area (Å²) in [5.74, 6) is -0.358. The second kappa shape index (κ2) is 9.58. The molecule has 0 aliphatic carbocycles. The Kier molecular flexibility index (Phi) is 6.40. The summed E-state index contributed by atoms with van der Waals surface area (Å²) < 4.78 is 14.5. The molecule has 2 heterocycles. The smallest absolute Gasteiger partial charge is 0.253 e. The number of halogens is 1. The van der Waals surface area contributed by atoms with Gasteiger partial charge in [0, 0.05) is 42.8 Å². The standard InChI is InChI=1S/C26H24FN5O2/c1-16-5-9-23(21(27)12-16)32(2)19-7-10-24(33)20(13-19)22-8-6-17(25(28)31-22)15-30-26(34)18-4-3-11-29-14-18/h3-14,33H,15H2,1-2H3,(H2,28,31)(H,30,34). The molecule has 0 atom stereocenters. The van der Waals surface area contributed by atoms with Gasteiger partial charge < -0.3 is 21.1 Å². The molecule has 4 N–H and O–H groups in total. The fraction of sp³-hybridized carbons (Fsp3) is 0.115. The first-order chi connectivity index (χ1) is 16.3. The summed E-state index contributed by atoms with van der Waals surface area (Å²) >= 11 is 0. The van der Waals surface area contributed by atoms with E-state index in [1.807, 2.05) is 13.0 Å². The van der Waals surface area contributed by atoms with E-state index in [-0.39, 0.29) is 29.8 Å². The number of hydrogen-bond donors (Lipinski definition) is 3. The summed E-state index contributed by atoms with van der Waals surface area (Å²) in [6, 6.07) is 16.8. The maximum Gasteiger partial charge on any atom is 0.253 e. The number of amides is 1. The number of rotatable bonds is 6. The third kappa shape index (κ3) is 4.80. The Morgan fingerprint density at radius 2 is 1.97 bits per heavy atom. The Morgan fingerprint density at radius 3 is 2.68 bits per heavy atom. The van der Waals surface area contributed by atoms with Crippen LogP contribution < -0.4 is 16.0 Å². The van der Waals surface area contributed by atoms with Crippen LogP contribution in [0.3, 0.4) is 0 Å². The van der Waals surface area contributed by atoms with Gasteiger partial charge >= 0.3 is 0 Å². The minimum Gasteiger partial charge on any atom is -0.507 e. The topological polar surface area (TPSA) is 104 Å². The average molecular weight is 458 g/mol. The lowest BCUT2D eigenvalue weighted by molar-refractivity contribution is 0.0950. The molecule has 0 fully saturated rings. The Hall–Kier alpha value is -4.46. The molecule has 7 nitrogen and oxygen atoms in total. The summed E-state index contributed by atoms with van der Waals surface area (Å²) in [7, 11) is 1.75. The predicted molar refractivity (Wildman–Crippen MR) is 130 cm³/mol. The van der Waals surface area contributed by atoms with E-state index in [1.165, 1.54) is 18.3 Å². The van der Waals surface area contributed by atoms with E-state index < -0.39 is 0 Å². The van der Waals surface area contributed by atoms with Gasteiger partial charge in [0.2, 0.25) is 0 Å². The van der Waals surface area contributed by atoms with Crippen LogP contribution in [0.4, 0.5) is 21.6 Å². The van der Waals surface area contributed by atoms with Gasteiger partial charge in [0.25, 0.3) is 5.91 Å². The number of aryl methyl sites for hydroxylation is 1. The molecule has 2 aromatic carbocycles. The molecule has 34 heavy (non-hydrogen) atoms. The molecule has 0 radical (unpaired) electrons. The lowest BCUT2D eigenvalue weighted by Crippen LogP contribution is -2.23. The lowest BCUT2D eigenvalue weighted by Gasteiger charge is -2.21. The Balaban J connectivity index is 1.56. The first-order valence-electron chi connectivity index (χ1n) is 10.6. The normalized spacial score (nSPS) is 10.7. The number of aromatic nitrogens is 2. The largest absolute Gasteiger partial charge is 0.507 e. The number of aromatic hydroxyl groups is 1. The molecule has 0 bridgehead atoms. The fourth-order valence-corrected chi connectivity index (χ4v) is 3.54. The second-order valence-corrected chi connectivity index (χ2v) is 7.88. The molecule has 1 amide bonds. The van der Waals surface area contributed by atoms with Gasteiger partial charge in [-0.15, -0.1) is 0 Å². The van der Waals surface area contributed by atoms with E-state index in [1.54, 1.807) is 60.6 Å². The first-order valence-corrected chi connectivity index (χ1v) is 10.6. The summed E-state index contributed by atoms with van der Waals surface area (Å²) in [6.07, 6.45) is 3.08. The number of nitrogens with zero attached hydrogens (tertiary/aromatic N) is 3. The van der Waals surface area contributed by atoms with Crippen molar-refractivity contribution in [1.82, 2.24) is 15.3 Å². The van der Waals surface area contributed by atoms with Gasteiger partial charge in [0.05, 0.1) is 16.9 Å². The highest BCUT2D eigenvalue weighted by atomic mass is 19.1. The van der Waals surface area contributed by atoms with Crippen LogP contribution in [0.15, 0.2) is 73.1 Å². The van der Waals surface area contributed by atoms with Crippen LogP contribution in [0.2, 0.25) is 0 Å². The Bertz CT molecular complexity index is 1340. The molecule has 0 aliphatic heterocycles. The summed E-state index contributed by atoms with van der Waals surface area (Å²) in [4.78, 5) is 22.3. The van der Waals surface area contributed by atoms with Crippen LogP contribution >= 0.6 is 0 Å². The lowest BCUT2D eigenvalue weighted by atomic mass is 10.1. The predicted octanol–water partition coefficient (Wildman–Crippen LogP) is 4.58. The van der Waals surface area contributed by atoms with Crippen LogP contribution in [0.5, 0.6) is 5.75 Å². The highest BCUT2D eigenvalue weighted by Gasteiger charge is 2.15. The summed E-state index contributed by atoms with van der Waals surface area (Å²) in [6.45, 7) is 2.02. The van der Waals surface area contributed by atoms with Crippen molar-refractivity contribution in [3.63, 3.8) is 0 Å². The third-order valence-corrected chi connectivity index (χ3v) is 5.48. The maximum absolute atomic E-state index is 14.5. The molecule has 4 aromatic rings. The Labute approximate surface area is 196 Å². The number of carbonyl (C=O) groups excluding carboxylic acids is 1. The van der Waals surface area contributed by atoms with E-state index in [0.29, 0.717) is 33.8 Å². The molecule has 4 rings (SSSR count). The van der Waals surface area contributed by atoms with Crippen LogP contribution in [-0.2, 0) is 6.54 Å². The molecular weight excluding hydrogens is 433 g/mol. The number of nitrogens with two attached hydrogens (primary N) is 1. The molecule has 0 spiro atoms. The molecule has 0 saturated heterocycles. The van der Waals surface area contributed by atoms with Crippen molar-refractivity contribution in [3.8, 4) is 17.0 Å². The van der Waals surface area contributed by atoms with Gasteiger partial charge in [0.1, 0.15) is 17.4 Å². The van der Waals surface area contributed by atoms with E-state index in [4.69, 9.17) is 5.73 Å². The van der Waals surface area contributed by atoms with E-state index in [0.717, 1.165) is 5.56 Å². The minimum absolute atomic E-state index is 0.0195. The quantitative estimate of drug-likeness (QED) is 0.392. The van der Waals surface area contributed by atoms with Crippen LogP contribution in [0.1, 0.15) is 21.5 Å². The maximum atomic E-state index is 14.5. The summed E-state index contributed by atoms with van der Waals surface area (Å²) in [5, 5.41) is 13.2. The van der Waals surface area contributed by atoms with Crippen molar-refractivity contribution in [2.24, 2.45) is 0 Å². The Morgan fingerprint density at radius 1 is 1.15 bits per heavy atom. The molecule has 8 heteroatoms. The third-order valence-electron chi connectivity index (χ3n) is 5.48. The van der Waals surface area contributed by atoms with Crippen molar-refractivity contribution in [2.45, 2.75) is 13.5 Å². The highest BCUT2D eigenvalue weighted by molar-refractivity contribution is 5.93. The number of carbonyl (C=O) groups is 1. The first kappa shape index (κ1) is 22.7. The van der Waals surface area contributed by atoms with Gasteiger partial charge in [-0.2, -0.15) is 0 Å². The van der Waals surface area contributed by atoms with Crippen LogP contribution in [0, 0.1) is 12.7 Å². The number of nitrogens with one attached hydrogen (secondary N) is 1. The van der Waals surface area contributed by atoms with E-state index in [9.17, 15) is 14.3 Å². The van der Waals surface area contributed by atoms with Gasteiger partial charge in [-0.25, -0.2) is 9.37 Å². The van der Waals surface area contributed by atoms with Gasteiger partial charge in [-0.3, -0.25) is 9.78 Å². The van der Waals surface area contributed by atoms with Crippen molar-refractivity contribution >= 4 is 23.1 Å². The molecule has 2 aromatic heterocycles. The molecule has 0 saturated carbocycles. The fourth-order valence-electron chi connectivity index (χ4n) is 3.54. The number of benzene rings is 2. The SMILES string of the molecule is Cc1ccc(N(C)c2ccc(O)c(-c3ccc(CNC(=O)c4cccnc4)c(N)n3)c2)c(F)c1. The monoisotopic (exact) mass is 457 g/mol. The number of anilines is 3. The van der Waals surface area contributed by atoms with Gasteiger partial charge in [-0.05, 0) is 61.0 Å². The number of nitrogen functional groups attached to an aromatic ring is 1. The van der Waals surface area contributed by atoms with Crippen molar-refractivity contribution < 1.29 is 14.3 Å². The van der Waals surface area contributed by atoms with Gasteiger partial charge in [0.15, 0.2) is 0 Å². The summed E-state index contributed by atoms with van der Waals surface area (Å²) in [5.41, 5.74) is 10.0. The number of phenols is 1. The van der Waals surface area contributed by atoms with Crippen molar-refractivity contribution in [2.75, 3.05) is 17.7 Å². The molecular formula is C26H24FN5O2. The van der Waals surface area contributed by atoms with E-state index >= 15 is 0 Å². The highest BCUT2D eigenvalue weighted by Crippen LogP contribution is 2.35. The number of hydrogen-bond acceptors (Lipinski definition) is 6. The molecule has 172 valence electrons. The average Bonchev–Trinajstić information content (AvgIpc) is 2.83. The number of pyridine rings is 2. The van der Waals surface area contributed by atoms with Crippen molar-refractivity contribution in [1.29, 1.82) is 0 Å². The number of phenolic OH excluding ortho intramolecular Hbond substituents is 1.